The Balaban J connectivity index is 0. The molecule has 0 amide bonds. The lowest BCUT2D eigenvalue weighted by atomic mass is 10.7. The van der Waals surface area contributed by atoms with Crippen molar-refractivity contribution in [1.29, 1.82) is 0 Å². The maximum atomic E-state index is 10.6. The topological polar surface area (TPSA) is 37.3 Å². The van der Waals surface area contributed by atoms with Gasteiger partial charge in [0, 0.05) is 0 Å². The third-order valence-corrected chi connectivity index (χ3v) is 1.96. The first kappa shape index (κ1) is 15.9. The summed E-state index contributed by atoms with van der Waals surface area (Å²) in [6, 6.07) is 0. The van der Waals surface area contributed by atoms with E-state index in [9.17, 15) is 13.2 Å². The fraction of sp³-hybridized carbons (Fsp3) is 0.750. The van der Waals surface area contributed by atoms with Gasteiger partial charge in [-0.3, -0.25) is 0 Å². The molecule has 0 rings (SSSR count). The standard InChI is InChI=1S/C2H2Cl4.C2HF3O2/c3-1(4)2(5)6;3-2(4,5)1(6)7/h1-2H;(H,6,7). The van der Waals surface area contributed by atoms with Crippen LogP contribution < -0.4 is 0 Å². The van der Waals surface area contributed by atoms with E-state index in [-0.39, 0.29) is 0 Å². The molecule has 0 atom stereocenters. The molecule has 0 spiro atoms. The number of alkyl halides is 7. The molecule has 2 nitrogen and oxygen atoms in total. The maximum absolute atomic E-state index is 10.6. The third-order valence-electron chi connectivity index (χ3n) is 0.433. The van der Waals surface area contributed by atoms with Crippen molar-refractivity contribution in [3.63, 3.8) is 0 Å². The Hall–Kier alpha value is 0.420. The molecule has 0 aromatic carbocycles. The Morgan fingerprint density at radius 3 is 1.23 bits per heavy atom. The van der Waals surface area contributed by atoms with Crippen LogP contribution in [0.3, 0.4) is 0 Å². The Morgan fingerprint density at radius 1 is 1.08 bits per heavy atom. The predicted molar refractivity (Wildman–Crippen MR) is 44.7 cm³/mol. The molecule has 0 fully saturated rings. The molecule has 13 heavy (non-hydrogen) atoms. The molecule has 80 valence electrons. The molecule has 0 aliphatic heterocycles. The van der Waals surface area contributed by atoms with E-state index >= 15 is 0 Å². The van der Waals surface area contributed by atoms with Crippen LogP contribution in [0, 0.1) is 0 Å². The quantitative estimate of drug-likeness (QED) is 0.750. The molecule has 0 aliphatic carbocycles. The van der Waals surface area contributed by atoms with Crippen molar-refractivity contribution >= 4 is 52.4 Å². The zero-order chi connectivity index (χ0) is 11.2. The van der Waals surface area contributed by atoms with Gasteiger partial charge in [0.2, 0.25) is 0 Å². The number of halogens is 7. The number of carbonyl (C=O) groups is 1. The smallest absolute Gasteiger partial charge is 0.475 e. The fourth-order valence-electron chi connectivity index (χ4n) is 0. The number of carboxylic acids is 1. The highest BCUT2D eigenvalue weighted by Gasteiger charge is 2.38. The van der Waals surface area contributed by atoms with Gasteiger partial charge < -0.3 is 5.11 Å². The van der Waals surface area contributed by atoms with Gasteiger partial charge in [-0.2, -0.15) is 13.2 Å². The summed E-state index contributed by atoms with van der Waals surface area (Å²) >= 11 is 20.5. The van der Waals surface area contributed by atoms with Gasteiger partial charge in [0.1, 0.15) is 9.67 Å². The molecule has 1 N–H and O–H groups in total. The number of hydrogen-bond donors (Lipinski definition) is 1. The largest absolute Gasteiger partial charge is 0.490 e. The van der Waals surface area contributed by atoms with Crippen molar-refractivity contribution < 1.29 is 23.1 Å². The van der Waals surface area contributed by atoms with Crippen molar-refractivity contribution in [2.45, 2.75) is 15.8 Å². The molecule has 0 aromatic heterocycles. The Kier molecular flexibility index (Phi) is 8.32. The summed E-state index contributed by atoms with van der Waals surface area (Å²) in [5.74, 6) is -2.76. The zero-order valence-corrected chi connectivity index (χ0v) is 8.68. The van der Waals surface area contributed by atoms with Gasteiger partial charge in [-0.1, -0.05) is 0 Å². The molecule has 0 radical (unpaired) electrons. The number of rotatable bonds is 1. The highest BCUT2D eigenvalue weighted by Crippen LogP contribution is 2.16. The van der Waals surface area contributed by atoms with Gasteiger partial charge in [-0.05, 0) is 0 Å². The van der Waals surface area contributed by atoms with Crippen molar-refractivity contribution in [3.8, 4) is 0 Å². The zero-order valence-electron chi connectivity index (χ0n) is 5.66. The highest BCUT2D eigenvalue weighted by molar-refractivity contribution is 6.56. The van der Waals surface area contributed by atoms with Gasteiger partial charge in [0.15, 0.2) is 0 Å². The van der Waals surface area contributed by atoms with Crippen LogP contribution in [0.1, 0.15) is 0 Å². The van der Waals surface area contributed by atoms with Crippen LogP contribution in [-0.2, 0) is 4.79 Å². The van der Waals surface area contributed by atoms with Gasteiger partial charge in [-0.15, -0.1) is 46.4 Å². The first-order valence-corrected chi connectivity index (χ1v) is 4.20. The van der Waals surface area contributed by atoms with E-state index in [1.54, 1.807) is 0 Å². The molecule has 0 aromatic rings. The second-order valence-corrected chi connectivity index (χ2v) is 3.80. The molecule has 0 saturated carbocycles. The monoisotopic (exact) mass is 280 g/mol. The lowest BCUT2D eigenvalue weighted by molar-refractivity contribution is -0.192. The summed E-state index contributed by atoms with van der Waals surface area (Å²) in [7, 11) is 0. The molecule has 9 heteroatoms. The number of carboxylic acid groups (broad SMARTS) is 1. The van der Waals surface area contributed by atoms with Crippen LogP contribution in [0.15, 0.2) is 0 Å². The fourth-order valence-corrected chi connectivity index (χ4v) is 0. The second-order valence-electron chi connectivity index (χ2n) is 1.47. The Morgan fingerprint density at radius 2 is 1.23 bits per heavy atom. The van der Waals surface area contributed by atoms with E-state index in [1.807, 2.05) is 0 Å². The van der Waals surface area contributed by atoms with Crippen molar-refractivity contribution in [2.75, 3.05) is 0 Å². The maximum Gasteiger partial charge on any atom is 0.490 e. The molecular formula is C4H3Cl4F3O2. The minimum atomic E-state index is -5.08. The molecule has 0 aliphatic rings. The van der Waals surface area contributed by atoms with Gasteiger partial charge in [0.25, 0.3) is 0 Å². The summed E-state index contributed by atoms with van der Waals surface area (Å²) < 4.78 is 31.7. The summed E-state index contributed by atoms with van der Waals surface area (Å²) in [6.45, 7) is 0. The van der Waals surface area contributed by atoms with Crippen molar-refractivity contribution in [1.82, 2.24) is 0 Å². The number of aliphatic carboxylic acids is 1. The normalized spacial score (nSPS) is 11.2. The van der Waals surface area contributed by atoms with Crippen LogP contribution in [0.5, 0.6) is 0 Å². The van der Waals surface area contributed by atoms with Crippen LogP contribution in [0.2, 0.25) is 0 Å². The summed E-state index contributed by atoms with van der Waals surface area (Å²) in [6.07, 6.45) is -5.08. The van der Waals surface area contributed by atoms with Crippen LogP contribution in [0.25, 0.3) is 0 Å². The van der Waals surface area contributed by atoms with E-state index in [4.69, 9.17) is 56.3 Å². The van der Waals surface area contributed by atoms with E-state index < -0.39 is 21.8 Å². The average molecular weight is 282 g/mol. The van der Waals surface area contributed by atoms with Crippen molar-refractivity contribution in [2.24, 2.45) is 0 Å². The third kappa shape index (κ3) is 12.4. The lowest BCUT2D eigenvalue weighted by Gasteiger charge is -1.95. The van der Waals surface area contributed by atoms with E-state index in [0.717, 1.165) is 0 Å². The molecule has 0 heterocycles. The Labute approximate surface area is 91.5 Å². The van der Waals surface area contributed by atoms with E-state index in [2.05, 4.69) is 0 Å². The van der Waals surface area contributed by atoms with Crippen LogP contribution in [0.4, 0.5) is 13.2 Å². The van der Waals surface area contributed by atoms with E-state index in [1.165, 1.54) is 0 Å². The van der Waals surface area contributed by atoms with Gasteiger partial charge in [-0.25, -0.2) is 4.79 Å². The summed E-state index contributed by atoms with van der Waals surface area (Å²) in [4.78, 5) is 7.55. The van der Waals surface area contributed by atoms with Crippen LogP contribution >= 0.6 is 46.4 Å². The van der Waals surface area contributed by atoms with Crippen LogP contribution in [-0.4, -0.2) is 26.9 Å². The number of hydrogen-bond acceptors (Lipinski definition) is 1. The average Bonchev–Trinajstić information content (AvgIpc) is 1.86. The lowest BCUT2D eigenvalue weighted by Crippen LogP contribution is -2.21. The summed E-state index contributed by atoms with van der Waals surface area (Å²) in [5, 5.41) is 7.12. The first-order chi connectivity index (χ1) is 5.59. The van der Waals surface area contributed by atoms with Gasteiger partial charge >= 0.3 is 12.1 Å². The molecule has 0 bridgehead atoms. The SMILES string of the molecule is ClC(Cl)C(Cl)Cl.O=C(O)C(F)(F)F. The first-order valence-electron chi connectivity index (χ1n) is 2.45. The molecule has 0 unspecified atom stereocenters. The Bertz CT molecular complexity index is 152. The highest BCUT2D eigenvalue weighted by atomic mass is 35.5. The van der Waals surface area contributed by atoms with Crippen molar-refractivity contribution in [3.05, 3.63) is 0 Å². The second kappa shape index (κ2) is 6.81. The minimum absolute atomic E-state index is 0.673. The van der Waals surface area contributed by atoms with E-state index in [0.29, 0.717) is 0 Å². The predicted octanol–water partition coefficient (Wildman–Crippen LogP) is 3.23. The molecular weight excluding hydrogens is 279 g/mol. The van der Waals surface area contributed by atoms with Gasteiger partial charge in [0.05, 0.1) is 0 Å². The molecule has 0 saturated heterocycles. The minimum Gasteiger partial charge on any atom is -0.475 e. The summed E-state index contributed by atoms with van der Waals surface area (Å²) in [5.41, 5.74) is 0.